The molecule has 1 aromatic rings. The molecule has 140 valence electrons. The van der Waals surface area contributed by atoms with Crippen LogP contribution in [0.4, 0.5) is 4.79 Å². The predicted octanol–water partition coefficient (Wildman–Crippen LogP) is 2.34. The molecule has 6 nitrogen and oxygen atoms in total. The van der Waals surface area contributed by atoms with Crippen molar-refractivity contribution in [2.24, 2.45) is 0 Å². The van der Waals surface area contributed by atoms with Gasteiger partial charge in [0.1, 0.15) is 0 Å². The summed E-state index contributed by atoms with van der Waals surface area (Å²) >= 11 is 0. The van der Waals surface area contributed by atoms with Gasteiger partial charge in [0.25, 0.3) is 0 Å². The molecule has 1 fully saturated rings. The lowest BCUT2D eigenvalue weighted by Crippen LogP contribution is -2.47. The van der Waals surface area contributed by atoms with E-state index in [-0.39, 0.29) is 18.5 Å². The lowest BCUT2D eigenvalue weighted by atomic mass is 10.1. The van der Waals surface area contributed by atoms with Gasteiger partial charge in [-0.2, -0.15) is 0 Å². The molecule has 0 atom stereocenters. The zero-order chi connectivity index (χ0) is 18.5. The smallest absolute Gasteiger partial charge is 0.337 e. The molecule has 1 saturated carbocycles. The average Bonchev–Trinajstić information content (AvgIpc) is 3.47. The quantitative estimate of drug-likeness (QED) is 0.701. The number of esters is 1. The fourth-order valence-electron chi connectivity index (χ4n) is 3.15. The molecule has 1 aliphatic carbocycles. The minimum atomic E-state index is -0.363. The molecule has 1 heterocycles. The zero-order valence-electron chi connectivity index (χ0n) is 15.5. The van der Waals surface area contributed by atoms with Gasteiger partial charge < -0.3 is 15.4 Å². The van der Waals surface area contributed by atoms with E-state index in [1.165, 1.54) is 11.1 Å². The monoisotopic (exact) mass is 357 g/mol. The van der Waals surface area contributed by atoms with Crippen LogP contribution in [0.3, 0.4) is 0 Å². The number of rotatable bonds is 8. The Labute approximate surface area is 154 Å². The molecule has 0 saturated heterocycles. The van der Waals surface area contributed by atoms with Crippen LogP contribution in [-0.2, 0) is 22.5 Å². The Bertz CT molecular complexity index is 693. The van der Waals surface area contributed by atoms with Gasteiger partial charge in [-0.3, -0.25) is 4.90 Å². The minimum Gasteiger partial charge on any atom is -0.463 e. The molecule has 3 rings (SSSR count). The van der Waals surface area contributed by atoms with Crippen LogP contribution in [0.2, 0.25) is 0 Å². The summed E-state index contributed by atoms with van der Waals surface area (Å²) < 4.78 is 5.14. The number of hydrogen-bond donors (Lipinski definition) is 2. The van der Waals surface area contributed by atoms with Gasteiger partial charge in [-0.15, -0.1) is 0 Å². The van der Waals surface area contributed by atoms with E-state index in [1.54, 1.807) is 6.92 Å². The molecule has 0 unspecified atom stereocenters. The Morgan fingerprint density at radius 1 is 1.15 bits per heavy atom. The van der Waals surface area contributed by atoms with Crippen molar-refractivity contribution in [1.82, 2.24) is 15.5 Å². The second kappa shape index (κ2) is 8.36. The van der Waals surface area contributed by atoms with E-state index in [4.69, 9.17) is 4.74 Å². The van der Waals surface area contributed by atoms with E-state index in [0.717, 1.165) is 25.8 Å². The Kier molecular flexibility index (Phi) is 5.93. The summed E-state index contributed by atoms with van der Waals surface area (Å²) in [5, 5.41) is 5.46. The van der Waals surface area contributed by atoms with E-state index >= 15 is 0 Å². The van der Waals surface area contributed by atoms with E-state index in [2.05, 4.69) is 46.7 Å². The molecule has 2 amide bonds. The number of ether oxygens (including phenoxy) is 1. The molecule has 0 radical (unpaired) electrons. The molecule has 2 aliphatic rings. The van der Waals surface area contributed by atoms with Crippen molar-refractivity contribution in [3.05, 3.63) is 46.7 Å². The van der Waals surface area contributed by atoms with Crippen molar-refractivity contribution in [3.8, 4) is 0 Å². The summed E-state index contributed by atoms with van der Waals surface area (Å²) in [7, 11) is 0. The highest BCUT2D eigenvalue weighted by molar-refractivity contribution is 5.93. The molecular formula is C20H27N3O3. The molecule has 1 aromatic carbocycles. The van der Waals surface area contributed by atoms with Gasteiger partial charge >= 0.3 is 12.0 Å². The summed E-state index contributed by atoms with van der Waals surface area (Å²) in [6, 6.07) is 8.89. The van der Waals surface area contributed by atoms with Crippen LogP contribution >= 0.6 is 0 Å². The van der Waals surface area contributed by atoms with Crippen molar-refractivity contribution >= 4 is 12.0 Å². The first kappa shape index (κ1) is 18.5. The van der Waals surface area contributed by atoms with Crippen molar-refractivity contribution in [2.45, 2.75) is 45.7 Å². The van der Waals surface area contributed by atoms with Crippen molar-refractivity contribution in [2.75, 3.05) is 19.7 Å². The fourth-order valence-corrected chi connectivity index (χ4v) is 3.15. The number of aryl methyl sites for hydroxylation is 1. The minimum absolute atomic E-state index is 0.212. The topological polar surface area (TPSA) is 70.7 Å². The Morgan fingerprint density at radius 2 is 1.85 bits per heavy atom. The number of carbonyl (C=O) groups is 2. The Morgan fingerprint density at radius 3 is 2.46 bits per heavy atom. The number of carbonyl (C=O) groups excluding carboxylic acids is 2. The third kappa shape index (κ3) is 4.64. The van der Waals surface area contributed by atoms with Crippen LogP contribution in [0.25, 0.3) is 0 Å². The summed E-state index contributed by atoms with van der Waals surface area (Å²) in [4.78, 5) is 26.3. The molecular weight excluding hydrogens is 330 g/mol. The standard InChI is InChI=1S/C20H27N3O3/c1-3-14-5-7-15(8-6-14)12-23(16-9-10-16)13-18-17(19(24)26-4-2)11-21-20(25)22-18/h5-8,16H,3-4,9-13H2,1-2H3,(H2,21,22,25). The first-order valence-electron chi connectivity index (χ1n) is 9.36. The Hall–Kier alpha value is -2.34. The van der Waals surface area contributed by atoms with Gasteiger partial charge in [0.15, 0.2) is 0 Å². The molecule has 6 heteroatoms. The van der Waals surface area contributed by atoms with Crippen molar-refractivity contribution in [1.29, 1.82) is 0 Å². The van der Waals surface area contributed by atoms with Crippen LogP contribution < -0.4 is 10.6 Å². The van der Waals surface area contributed by atoms with Crippen LogP contribution in [0.1, 0.15) is 37.8 Å². The number of urea groups is 1. The number of nitrogens with zero attached hydrogens (tertiary/aromatic N) is 1. The normalized spacial score (nSPS) is 17.1. The highest BCUT2D eigenvalue weighted by Gasteiger charge is 2.32. The van der Waals surface area contributed by atoms with Gasteiger partial charge in [-0.25, -0.2) is 9.59 Å². The van der Waals surface area contributed by atoms with E-state index in [1.807, 2.05) is 0 Å². The first-order chi connectivity index (χ1) is 12.6. The largest absolute Gasteiger partial charge is 0.463 e. The zero-order valence-corrected chi connectivity index (χ0v) is 15.5. The van der Waals surface area contributed by atoms with E-state index < -0.39 is 0 Å². The molecule has 2 N–H and O–H groups in total. The number of benzene rings is 1. The van der Waals surface area contributed by atoms with Crippen LogP contribution in [0.5, 0.6) is 0 Å². The first-order valence-corrected chi connectivity index (χ1v) is 9.36. The molecule has 0 aromatic heterocycles. The van der Waals surface area contributed by atoms with Crippen molar-refractivity contribution < 1.29 is 14.3 Å². The highest BCUT2D eigenvalue weighted by atomic mass is 16.5. The number of amides is 2. The maximum atomic E-state index is 12.2. The van der Waals surface area contributed by atoms with Crippen molar-refractivity contribution in [3.63, 3.8) is 0 Å². The average molecular weight is 357 g/mol. The van der Waals surface area contributed by atoms with Crippen LogP contribution in [0.15, 0.2) is 35.5 Å². The third-order valence-corrected chi connectivity index (χ3v) is 4.82. The fraction of sp³-hybridized carbons (Fsp3) is 0.500. The molecule has 26 heavy (non-hydrogen) atoms. The van der Waals surface area contributed by atoms with Gasteiger partial charge in [0.2, 0.25) is 0 Å². The van der Waals surface area contributed by atoms with Gasteiger partial charge in [0.05, 0.1) is 18.7 Å². The molecule has 0 bridgehead atoms. The van der Waals surface area contributed by atoms with Gasteiger partial charge in [0, 0.05) is 24.8 Å². The second-order valence-corrected chi connectivity index (χ2v) is 6.79. The summed E-state index contributed by atoms with van der Waals surface area (Å²) in [6.45, 7) is 5.81. The molecule has 1 aliphatic heterocycles. The summed E-state index contributed by atoms with van der Waals surface area (Å²) in [6.07, 6.45) is 3.34. The molecule has 0 spiro atoms. The van der Waals surface area contributed by atoms with Gasteiger partial charge in [-0.05, 0) is 37.3 Å². The summed E-state index contributed by atoms with van der Waals surface area (Å²) in [5.74, 6) is -0.363. The van der Waals surface area contributed by atoms with Crippen LogP contribution in [0, 0.1) is 0 Å². The maximum absolute atomic E-state index is 12.2. The SMILES string of the molecule is CCOC(=O)C1=C(CN(Cc2ccc(CC)cc2)C2CC2)NC(=O)NC1. The maximum Gasteiger partial charge on any atom is 0.337 e. The lowest BCUT2D eigenvalue weighted by molar-refractivity contribution is -0.138. The Balaban J connectivity index is 1.76. The number of hydrogen-bond acceptors (Lipinski definition) is 4. The summed E-state index contributed by atoms with van der Waals surface area (Å²) in [5.41, 5.74) is 3.74. The van der Waals surface area contributed by atoms with E-state index in [9.17, 15) is 9.59 Å². The van der Waals surface area contributed by atoms with Crippen LogP contribution in [-0.4, -0.2) is 42.6 Å². The third-order valence-electron chi connectivity index (χ3n) is 4.82. The highest BCUT2D eigenvalue weighted by Crippen LogP contribution is 2.29. The van der Waals surface area contributed by atoms with Gasteiger partial charge in [-0.1, -0.05) is 31.2 Å². The second-order valence-electron chi connectivity index (χ2n) is 6.79. The lowest BCUT2D eigenvalue weighted by Gasteiger charge is -2.28. The predicted molar refractivity (Wildman–Crippen MR) is 99.4 cm³/mol. The van der Waals surface area contributed by atoms with E-state index in [0.29, 0.717) is 30.5 Å². The number of nitrogens with one attached hydrogen (secondary N) is 2.